The Morgan fingerprint density at radius 2 is 1.68 bits per heavy atom. The highest BCUT2D eigenvalue weighted by molar-refractivity contribution is 5.77. The topological polar surface area (TPSA) is 98.3 Å². The first kappa shape index (κ1) is 23.9. The molecule has 3 heterocycles. The van der Waals surface area contributed by atoms with Gasteiger partial charge in [0.2, 0.25) is 0 Å². The summed E-state index contributed by atoms with van der Waals surface area (Å²) >= 11 is 0. The number of aromatic nitrogens is 3. The molecule has 0 radical (unpaired) electrons. The molecule has 38 heavy (non-hydrogen) atoms. The minimum Gasteiger partial charge on any atom is -0.382 e. The van der Waals surface area contributed by atoms with Crippen molar-refractivity contribution in [2.75, 3.05) is 26.2 Å². The molecule has 3 aliphatic carbocycles. The van der Waals surface area contributed by atoms with Crippen molar-refractivity contribution in [3.8, 4) is 6.07 Å². The zero-order valence-electron chi connectivity index (χ0n) is 20.9. The van der Waals surface area contributed by atoms with Crippen molar-refractivity contribution in [3.63, 3.8) is 0 Å². The largest absolute Gasteiger partial charge is 0.416 e. The van der Waals surface area contributed by atoms with Crippen LogP contribution in [0, 0.1) is 28.1 Å². The molecule has 1 N–H and O–H groups in total. The average Bonchev–Trinajstić information content (AvgIpc) is 3.32. The van der Waals surface area contributed by atoms with Crippen molar-refractivity contribution in [1.82, 2.24) is 24.6 Å². The van der Waals surface area contributed by atoms with Gasteiger partial charge in [-0.05, 0) is 74.6 Å². The van der Waals surface area contributed by atoms with Crippen LogP contribution in [-0.2, 0) is 18.2 Å². The van der Waals surface area contributed by atoms with E-state index >= 15 is 0 Å². The fraction of sp³-hybridized carbons (Fsp3) is 0.630. The second-order valence-electron chi connectivity index (χ2n) is 12.6. The quantitative estimate of drug-likeness (QED) is 0.653. The molecule has 0 unspecified atom stereocenters. The van der Waals surface area contributed by atoms with E-state index in [2.05, 4.69) is 10.1 Å². The van der Waals surface area contributed by atoms with Gasteiger partial charge in [-0.25, -0.2) is 14.5 Å². The van der Waals surface area contributed by atoms with Gasteiger partial charge in [0, 0.05) is 37.0 Å². The van der Waals surface area contributed by atoms with Crippen molar-refractivity contribution in [2.45, 2.75) is 62.8 Å². The number of nitriles is 1. The molecular weight excluding hydrogens is 497 g/mol. The monoisotopic (exact) mass is 526 g/mol. The third-order valence-corrected chi connectivity index (χ3v) is 9.42. The molecule has 2 aromatic rings. The number of hydrogen-bond acceptors (Lipinski definition) is 5. The summed E-state index contributed by atoms with van der Waals surface area (Å²) < 4.78 is 41.4. The lowest BCUT2D eigenvalue weighted by Gasteiger charge is -2.63. The Morgan fingerprint density at radius 1 is 1.05 bits per heavy atom. The first-order valence-corrected chi connectivity index (χ1v) is 13.3. The lowest BCUT2D eigenvalue weighted by Crippen LogP contribution is -2.71. The van der Waals surface area contributed by atoms with Gasteiger partial charge in [0.15, 0.2) is 5.82 Å². The Balaban J connectivity index is 0.865. The summed E-state index contributed by atoms with van der Waals surface area (Å²) in [5.41, 5.74) is -0.730. The Labute approximate surface area is 218 Å². The summed E-state index contributed by atoms with van der Waals surface area (Å²) in [6.07, 6.45) is 2.94. The van der Waals surface area contributed by atoms with E-state index in [1.165, 1.54) is 0 Å². The molecule has 8 nitrogen and oxygen atoms in total. The highest BCUT2D eigenvalue weighted by atomic mass is 19.4. The maximum absolute atomic E-state index is 13.2. The number of carbonyl (C=O) groups is 1. The molecule has 7 rings (SSSR count). The molecular formula is C27H29F3N6O2. The summed E-state index contributed by atoms with van der Waals surface area (Å²) in [5, 5.41) is 23.8. The van der Waals surface area contributed by atoms with Crippen LogP contribution in [0.1, 0.15) is 67.1 Å². The molecule has 2 aliphatic heterocycles. The molecule has 3 saturated carbocycles. The second-order valence-corrected chi connectivity index (χ2v) is 12.6. The van der Waals surface area contributed by atoms with Crippen LogP contribution < -0.4 is 0 Å². The van der Waals surface area contributed by atoms with Crippen LogP contribution in [0.25, 0.3) is 0 Å². The zero-order valence-corrected chi connectivity index (χ0v) is 20.9. The normalized spacial score (nSPS) is 24.8. The van der Waals surface area contributed by atoms with Gasteiger partial charge < -0.3 is 14.9 Å². The van der Waals surface area contributed by atoms with E-state index in [4.69, 9.17) is 5.26 Å². The second kappa shape index (κ2) is 7.72. The Morgan fingerprint density at radius 3 is 2.26 bits per heavy atom. The number of nitrogens with zero attached hydrogens (tertiary/aromatic N) is 6. The van der Waals surface area contributed by atoms with Crippen molar-refractivity contribution in [3.05, 3.63) is 47.0 Å². The minimum atomic E-state index is -4.47. The molecule has 0 bridgehead atoms. The molecule has 200 valence electrons. The summed E-state index contributed by atoms with van der Waals surface area (Å²) in [4.78, 5) is 21.1. The van der Waals surface area contributed by atoms with Gasteiger partial charge in [0.25, 0.3) is 0 Å². The predicted molar refractivity (Wildman–Crippen MR) is 127 cm³/mol. The third kappa shape index (κ3) is 3.87. The molecule has 5 fully saturated rings. The van der Waals surface area contributed by atoms with Crippen LogP contribution in [-0.4, -0.2) is 61.9 Å². The van der Waals surface area contributed by atoms with Gasteiger partial charge in [-0.1, -0.05) is 0 Å². The fourth-order valence-corrected chi connectivity index (χ4v) is 7.33. The SMILES string of the molecule is N#Cc1cc(CC2CC3(C2)CN(C(=O)N2CC4(CC(n5cnc(C6(O)CC6)n5)C4)C2)C3)cc(C(F)(F)F)c1. The summed E-state index contributed by atoms with van der Waals surface area (Å²) in [6, 6.07) is 5.81. The van der Waals surface area contributed by atoms with Crippen molar-refractivity contribution >= 4 is 6.03 Å². The van der Waals surface area contributed by atoms with Crippen LogP contribution in [0.3, 0.4) is 0 Å². The van der Waals surface area contributed by atoms with E-state index in [0.29, 0.717) is 30.9 Å². The number of urea groups is 1. The first-order valence-electron chi connectivity index (χ1n) is 13.3. The summed E-state index contributed by atoms with van der Waals surface area (Å²) in [6.45, 7) is 2.95. The zero-order chi connectivity index (χ0) is 26.5. The van der Waals surface area contributed by atoms with E-state index in [-0.39, 0.29) is 34.4 Å². The number of carbonyl (C=O) groups excluding carboxylic acids is 1. The number of rotatable bonds is 4. The third-order valence-electron chi connectivity index (χ3n) is 9.42. The van der Waals surface area contributed by atoms with E-state index < -0.39 is 17.3 Å². The van der Waals surface area contributed by atoms with E-state index in [1.807, 2.05) is 20.6 Å². The maximum Gasteiger partial charge on any atom is 0.416 e. The summed E-state index contributed by atoms with van der Waals surface area (Å²) in [7, 11) is 0. The number of amides is 2. The molecule has 0 atom stereocenters. The van der Waals surface area contributed by atoms with E-state index in [9.17, 15) is 23.1 Å². The number of aliphatic hydroxyl groups is 1. The highest BCUT2D eigenvalue weighted by Crippen LogP contribution is 2.56. The number of benzene rings is 1. The van der Waals surface area contributed by atoms with Gasteiger partial charge in [-0.2, -0.15) is 23.5 Å². The molecule has 1 aromatic carbocycles. The van der Waals surface area contributed by atoms with Gasteiger partial charge in [-0.15, -0.1) is 0 Å². The van der Waals surface area contributed by atoms with Crippen LogP contribution in [0.5, 0.6) is 0 Å². The molecule has 2 saturated heterocycles. The first-order chi connectivity index (χ1) is 18.0. The average molecular weight is 527 g/mol. The van der Waals surface area contributed by atoms with Gasteiger partial charge in [0.05, 0.1) is 23.2 Å². The minimum absolute atomic E-state index is 0.0391. The molecule has 5 aliphatic rings. The van der Waals surface area contributed by atoms with Crippen molar-refractivity contribution < 1.29 is 23.1 Å². The Bertz CT molecular complexity index is 1330. The van der Waals surface area contributed by atoms with Crippen molar-refractivity contribution in [1.29, 1.82) is 5.26 Å². The molecule has 1 aromatic heterocycles. The molecule has 11 heteroatoms. The Kier molecular flexibility index (Phi) is 4.86. The Hall–Kier alpha value is -3.13. The summed E-state index contributed by atoms with van der Waals surface area (Å²) in [5.74, 6) is 0.801. The van der Waals surface area contributed by atoms with Gasteiger partial charge in [0.1, 0.15) is 11.9 Å². The molecule has 2 spiro atoms. The lowest BCUT2D eigenvalue weighted by atomic mass is 9.56. The highest BCUT2D eigenvalue weighted by Gasteiger charge is 2.58. The van der Waals surface area contributed by atoms with Crippen LogP contribution in [0.2, 0.25) is 0 Å². The number of halogens is 3. The van der Waals surface area contributed by atoms with Crippen LogP contribution in [0.15, 0.2) is 24.5 Å². The van der Waals surface area contributed by atoms with Gasteiger partial charge in [-0.3, -0.25) is 0 Å². The van der Waals surface area contributed by atoms with Crippen LogP contribution >= 0.6 is 0 Å². The number of alkyl halides is 3. The fourth-order valence-electron chi connectivity index (χ4n) is 7.33. The standard InChI is InChI=1S/C27H29F3N6O2/c28-27(29,30)20-5-17(3-18(6-20)11-31)4-19-7-24(8-19)12-34(13-24)23(37)35-14-25(15-35)9-21(10-25)36-16-32-22(33-36)26(38)1-2-26/h3,5-6,16,19,21,38H,1-2,4,7-10,12-15H2. The number of hydrogen-bond donors (Lipinski definition) is 1. The molecule has 2 amide bonds. The van der Waals surface area contributed by atoms with Crippen LogP contribution in [0.4, 0.5) is 18.0 Å². The smallest absolute Gasteiger partial charge is 0.382 e. The maximum atomic E-state index is 13.2. The predicted octanol–water partition coefficient (Wildman–Crippen LogP) is 3.86. The van der Waals surface area contributed by atoms with Crippen molar-refractivity contribution in [2.24, 2.45) is 16.7 Å². The number of likely N-dealkylation sites (tertiary alicyclic amines) is 2. The van der Waals surface area contributed by atoms with E-state index in [1.54, 1.807) is 12.4 Å². The van der Waals surface area contributed by atoms with Gasteiger partial charge >= 0.3 is 12.2 Å². The van der Waals surface area contributed by atoms with E-state index in [0.717, 1.165) is 63.7 Å². The lowest BCUT2D eigenvalue weighted by molar-refractivity contribution is -0.137.